The van der Waals surface area contributed by atoms with Crippen LogP contribution in [0.1, 0.15) is 24.0 Å². The first-order valence-corrected chi connectivity index (χ1v) is 7.71. The van der Waals surface area contributed by atoms with Gasteiger partial charge in [-0.2, -0.15) is 0 Å². The second kappa shape index (κ2) is 6.17. The van der Waals surface area contributed by atoms with Crippen LogP contribution >= 0.6 is 0 Å². The van der Waals surface area contributed by atoms with Crippen LogP contribution in [-0.2, 0) is 0 Å². The molecule has 1 aromatic heterocycles. The van der Waals surface area contributed by atoms with Crippen LogP contribution in [0.15, 0.2) is 42.7 Å². The highest BCUT2D eigenvalue weighted by molar-refractivity contribution is 5.53. The van der Waals surface area contributed by atoms with Crippen molar-refractivity contribution >= 4 is 11.4 Å². The van der Waals surface area contributed by atoms with Crippen molar-refractivity contribution in [1.82, 2.24) is 4.98 Å². The summed E-state index contributed by atoms with van der Waals surface area (Å²) in [6.07, 6.45) is 6.09. The van der Waals surface area contributed by atoms with Gasteiger partial charge in [0.15, 0.2) is 0 Å². The van der Waals surface area contributed by atoms with Gasteiger partial charge in [-0.3, -0.25) is 4.98 Å². The molecular formula is C18H23N3. The number of hydrogen-bond acceptors (Lipinski definition) is 3. The summed E-state index contributed by atoms with van der Waals surface area (Å²) in [5, 5.41) is 3.72. The summed E-state index contributed by atoms with van der Waals surface area (Å²) in [6, 6.07) is 11.4. The Balaban J connectivity index is 1.60. The van der Waals surface area contributed by atoms with E-state index in [0.29, 0.717) is 6.04 Å². The summed E-state index contributed by atoms with van der Waals surface area (Å²) in [5.74, 6) is 0. The van der Waals surface area contributed by atoms with Crippen LogP contribution in [0.3, 0.4) is 0 Å². The maximum atomic E-state index is 4.09. The van der Waals surface area contributed by atoms with Gasteiger partial charge < -0.3 is 10.2 Å². The van der Waals surface area contributed by atoms with Crippen molar-refractivity contribution in [3.05, 3.63) is 53.9 Å². The molecule has 0 amide bonds. The van der Waals surface area contributed by atoms with Crippen molar-refractivity contribution in [2.24, 2.45) is 0 Å². The van der Waals surface area contributed by atoms with Gasteiger partial charge in [0, 0.05) is 42.9 Å². The van der Waals surface area contributed by atoms with Gasteiger partial charge in [-0.05, 0) is 56.0 Å². The molecule has 3 heteroatoms. The van der Waals surface area contributed by atoms with Crippen molar-refractivity contribution in [3.63, 3.8) is 0 Å². The summed E-state index contributed by atoms with van der Waals surface area (Å²) in [6.45, 7) is 6.53. The van der Waals surface area contributed by atoms with E-state index in [4.69, 9.17) is 0 Å². The molecule has 3 rings (SSSR count). The van der Waals surface area contributed by atoms with Crippen LogP contribution in [0.5, 0.6) is 0 Å². The lowest BCUT2D eigenvalue weighted by molar-refractivity contribution is 0.526. The summed E-state index contributed by atoms with van der Waals surface area (Å²) >= 11 is 0. The van der Waals surface area contributed by atoms with Gasteiger partial charge in [-0.15, -0.1) is 0 Å². The Bertz CT molecular complexity index is 587. The number of hydrogen-bond donors (Lipinski definition) is 1. The molecule has 110 valence electrons. The molecule has 1 saturated heterocycles. The summed E-state index contributed by atoms with van der Waals surface area (Å²) in [4.78, 5) is 6.54. The van der Waals surface area contributed by atoms with Crippen molar-refractivity contribution in [2.45, 2.75) is 32.7 Å². The molecule has 1 aromatic carbocycles. The molecule has 1 fully saturated rings. The standard InChI is InChI=1S/C18H23N3/c1-14-3-4-15(2)18(13-14)20-16-7-11-21(12-8-16)17-5-9-19-10-6-17/h3-6,9-10,13,16,20H,7-8,11-12H2,1-2H3. The summed E-state index contributed by atoms with van der Waals surface area (Å²) in [7, 11) is 0. The number of benzene rings is 1. The van der Waals surface area contributed by atoms with E-state index in [9.17, 15) is 0 Å². The van der Waals surface area contributed by atoms with Crippen molar-refractivity contribution in [3.8, 4) is 0 Å². The van der Waals surface area contributed by atoms with Gasteiger partial charge in [0.2, 0.25) is 0 Å². The van der Waals surface area contributed by atoms with Crippen molar-refractivity contribution in [2.75, 3.05) is 23.3 Å². The number of rotatable bonds is 3. The van der Waals surface area contributed by atoms with E-state index in [1.54, 1.807) is 0 Å². The average Bonchev–Trinajstić information content (AvgIpc) is 2.53. The monoisotopic (exact) mass is 281 g/mol. The van der Waals surface area contributed by atoms with Crippen LogP contribution < -0.4 is 10.2 Å². The maximum absolute atomic E-state index is 4.09. The Morgan fingerprint density at radius 3 is 2.48 bits per heavy atom. The van der Waals surface area contributed by atoms with Crippen molar-refractivity contribution in [1.29, 1.82) is 0 Å². The first-order valence-electron chi connectivity index (χ1n) is 7.71. The number of pyridine rings is 1. The third-order valence-corrected chi connectivity index (χ3v) is 4.28. The van der Waals surface area contributed by atoms with E-state index in [1.807, 2.05) is 12.4 Å². The van der Waals surface area contributed by atoms with Crippen molar-refractivity contribution < 1.29 is 0 Å². The molecule has 1 aliphatic heterocycles. The number of nitrogens with zero attached hydrogens (tertiary/aromatic N) is 2. The quantitative estimate of drug-likeness (QED) is 0.928. The molecule has 0 unspecified atom stereocenters. The van der Waals surface area contributed by atoms with E-state index in [-0.39, 0.29) is 0 Å². The largest absolute Gasteiger partial charge is 0.382 e. The Morgan fingerprint density at radius 2 is 1.76 bits per heavy atom. The zero-order valence-corrected chi connectivity index (χ0v) is 12.8. The number of anilines is 2. The van der Waals surface area contributed by atoms with Crippen LogP contribution in [0.25, 0.3) is 0 Å². The fraction of sp³-hybridized carbons (Fsp3) is 0.389. The molecule has 0 radical (unpaired) electrons. The lowest BCUT2D eigenvalue weighted by Crippen LogP contribution is -2.39. The second-order valence-electron chi connectivity index (χ2n) is 5.93. The van der Waals surface area contributed by atoms with E-state index in [1.165, 1.54) is 35.3 Å². The molecule has 2 aromatic rings. The molecule has 21 heavy (non-hydrogen) atoms. The predicted molar refractivity (Wildman–Crippen MR) is 89.0 cm³/mol. The number of aryl methyl sites for hydroxylation is 2. The topological polar surface area (TPSA) is 28.2 Å². The van der Waals surface area contributed by atoms with Gasteiger partial charge >= 0.3 is 0 Å². The van der Waals surface area contributed by atoms with Crippen LogP contribution in [-0.4, -0.2) is 24.1 Å². The number of aromatic nitrogens is 1. The normalized spacial score (nSPS) is 16.0. The van der Waals surface area contributed by atoms with E-state index >= 15 is 0 Å². The third-order valence-electron chi connectivity index (χ3n) is 4.28. The first-order chi connectivity index (χ1) is 10.2. The molecular weight excluding hydrogens is 258 g/mol. The molecule has 0 aliphatic carbocycles. The van der Waals surface area contributed by atoms with Crippen LogP contribution in [0.4, 0.5) is 11.4 Å². The van der Waals surface area contributed by atoms with E-state index in [0.717, 1.165) is 13.1 Å². The first kappa shape index (κ1) is 13.9. The minimum absolute atomic E-state index is 0.573. The van der Waals surface area contributed by atoms with Crippen LogP contribution in [0, 0.1) is 13.8 Å². The molecule has 1 aliphatic rings. The minimum Gasteiger partial charge on any atom is -0.382 e. The van der Waals surface area contributed by atoms with Gasteiger partial charge in [0.1, 0.15) is 0 Å². The molecule has 1 N–H and O–H groups in total. The Morgan fingerprint density at radius 1 is 1.05 bits per heavy atom. The highest BCUT2D eigenvalue weighted by atomic mass is 15.1. The van der Waals surface area contributed by atoms with Gasteiger partial charge in [-0.25, -0.2) is 0 Å². The fourth-order valence-corrected chi connectivity index (χ4v) is 2.95. The second-order valence-corrected chi connectivity index (χ2v) is 5.93. The highest BCUT2D eigenvalue weighted by Gasteiger charge is 2.19. The Hall–Kier alpha value is -2.03. The van der Waals surface area contributed by atoms with E-state index < -0.39 is 0 Å². The SMILES string of the molecule is Cc1ccc(C)c(NC2CCN(c3ccncc3)CC2)c1. The molecule has 0 atom stereocenters. The molecule has 0 saturated carbocycles. The minimum atomic E-state index is 0.573. The average molecular weight is 281 g/mol. The van der Waals surface area contributed by atoms with Crippen LogP contribution in [0.2, 0.25) is 0 Å². The summed E-state index contributed by atoms with van der Waals surface area (Å²) in [5.41, 5.74) is 5.22. The fourth-order valence-electron chi connectivity index (χ4n) is 2.95. The lowest BCUT2D eigenvalue weighted by Gasteiger charge is -2.34. The lowest BCUT2D eigenvalue weighted by atomic mass is 10.0. The van der Waals surface area contributed by atoms with Gasteiger partial charge in [0.05, 0.1) is 0 Å². The zero-order valence-electron chi connectivity index (χ0n) is 12.8. The highest BCUT2D eigenvalue weighted by Crippen LogP contribution is 2.23. The number of piperidine rings is 1. The Kier molecular flexibility index (Phi) is 4.09. The molecule has 0 bridgehead atoms. The zero-order chi connectivity index (χ0) is 14.7. The molecule has 2 heterocycles. The van der Waals surface area contributed by atoms with Gasteiger partial charge in [0.25, 0.3) is 0 Å². The third kappa shape index (κ3) is 3.35. The predicted octanol–water partition coefficient (Wildman–Crippen LogP) is 3.78. The smallest absolute Gasteiger partial charge is 0.0397 e. The maximum Gasteiger partial charge on any atom is 0.0397 e. The number of nitrogens with one attached hydrogen (secondary N) is 1. The molecule has 3 nitrogen and oxygen atoms in total. The summed E-state index contributed by atoms with van der Waals surface area (Å²) < 4.78 is 0. The van der Waals surface area contributed by atoms with E-state index in [2.05, 4.69) is 59.4 Å². The van der Waals surface area contributed by atoms with Gasteiger partial charge in [-0.1, -0.05) is 12.1 Å². The molecule has 0 spiro atoms. The Labute approximate surface area is 127 Å².